The van der Waals surface area contributed by atoms with Gasteiger partial charge in [-0.3, -0.25) is 9.59 Å². The van der Waals surface area contributed by atoms with Crippen LogP contribution >= 0.6 is 27.7 Å². The summed E-state index contributed by atoms with van der Waals surface area (Å²) in [5.41, 5.74) is 6.87. The second-order valence-corrected chi connectivity index (χ2v) is 11.2. The summed E-state index contributed by atoms with van der Waals surface area (Å²) >= 11 is 5.14. The Morgan fingerprint density at radius 3 is 2.39 bits per heavy atom. The Bertz CT molecular complexity index is 1530. The van der Waals surface area contributed by atoms with Crippen molar-refractivity contribution < 1.29 is 19.1 Å². The minimum Gasteiger partial charge on any atom is -0.493 e. The first-order valence-electron chi connectivity index (χ1n) is 12.9. The van der Waals surface area contributed by atoms with Crippen LogP contribution in [-0.4, -0.2) is 35.8 Å². The van der Waals surface area contributed by atoms with E-state index in [4.69, 9.17) is 9.47 Å². The highest BCUT2D eigenvalue weighted by molar-refractivity contribution is 9.10. The van der Waals surface area contributed by atoms with Crippen LogP contribution in [0.15, 0.2) is 107 Å². The van der Waals surface area contributed by atoms with Gasteiger partial charge in [-0.25, -0.2) is 5.43 Å². The van der Waals surface area contributed by atoms with Crippen LogP contribution in [0.4, 0.5) is 0 Å². The summed E-state index contributed by atoms with van der Waals surface area (Å²) in [6.45, 7) is 0.953. The van der Waals surface area contributed by atoms with Gasteiger partial charge in [0.05, 0.1) is 23.5 Å². The van der Waals surface area contributed by atoms with Gasteiger partial charge in [0.15, 0.2) is 11.5 Å². The predicted octanol–water partition coefficient (Wildman–Crippen LogP) is 6.57. The summed E-state index contributed by atoms with van der Waals surface area (Å²) in [6, 6.07) is 30.7. The Morgan fingerprint density at radius 1 is 1.02 bits per heavy atom. The van der Waals surface area contributed by atoms with Gasteiger partial charge in [0.1, 0.15) is 12.0 Å². The Morgan fingerprint density at radius 2 is 1.71 bits per heavy atom. The number of carbonyl (C=O) groups excluding carboxylic acids is 2. The maximum absolute atomic E-state index is 12.7. The van der Waals surface area contributed by atoms with E-state index < -0.39 is 0 Å². The molecule has 4 aromatic rings. The summed E-state index contributed by atoms with van der Waals surface area (Å²) in [5.74, 6) is 1.34. The van der Waals surface area contributed by atoms with Crippen LogP contribution in [0.3, 0.4) is 0 Å². The number of ether oxygens (including phenoxy) is 2. The fourth-order valence-corrected chi connectivity index (χ4v) is 6.16. The van der Waals surface area contributed by atoms with Gasteiger partial charge in [0.2, 0.25) is 5.91 Å². The number of methoxy groups -OCH3 is 1. The molecule has 1 fully saturated rings. The van der Waals surface area contributed by atoms with E-state index >= 15 is 0 Å². The minimum absolute atomic E-state index is 0.0918. The number of hydrogen-bond acceptors (Lipinski definition) is 6. The molecule has 0 aliphatic carbocycles. The molecule has 208 valence electrons. The quantitative estimate of drug-likeness (QED) is 0.158. The molecule has 41 heavy (non-hydrogen) atoms. The molecule has 1 saturated heterocycles. The highest BCUT2D eigenvalue weighted by Crippen LogP contribution is 2.40. The lowest BCUT2D eigenvalue weighted by molar-refractivity contribution is -0.128. The number of amides is 2. The highest BCUT2D eigenvalue weighted by atomic mass is 79.9. The first-order chi connectivity index (χ1) is 20.0. The third-order valence-corrected chi connectivity index (χ3v) is 8.32. The van der Waals surface area contributed by atoms with Crippen LogP contribution in [0.2, 0.25) is 0 Å². The standard InChI is InChI=1S/C32H28BrN3O4S/c1-39-28-17-24(16-27(33)30(28)40-20-23-10-6-3-7-11-23)18-34-35-31(38)25-12-14-26(15-13-25)32-36(29(37)21-41-32)19-22-8-4-2-5-9-22/h2-18,32H,19-21H2,1H3,(H,35,38)/b34-18-/t32-/m1/s1. The summed E-state index contributed by atoms with van der Waals surface area (Å²) in [5, 5.41) is 4.04. The van der Waals surface area contributed by atoms with Crippen molar-refractivity contribution in [2.75, 3.05) is 12.9 Å². The normalized spacial score (nSPS) is 14.8. The van der Waals surface area contributed by atoms with Gasteiger partial charge in [0, 0.05) is 12.1 Å². The summed E-state index contributed by atoms with van der Waals surface area (Å²) in [7, 11) is 1.57. The monoisotopic (exact) mass is 629 g/mol. The molecule has 1 aliphatic heterocycles. The first-order valence-corrected chi connectivity index (χ1v) is 14.8. The fraction of sp³-hybridized carbons (Fsp3) is 0.156. The zero-order valence-electron chi connectivity index (χ0n) is 22.3. The van der Waals surface area contributed by atoms with Crippen LogP contribution in [-0.2, 0) is 17.9 Å². The lowest BCUT2D eigenvalue weighted by atomic mass is 10.1. The molecule has 9 heteroatoms. The number of hydrazone groups is 1. The van der Waals surface area contributed by atoms with Gasteiger partial charge < -0.3 is 14.4 Å². The van der Waals surface area contributed by atoms with E-state index in [2.05, 4.69) is 26.5 Å². The molecule has 0 saturated carbocycles. The largest absolute Gasteiger partial charge is 0.493 e. The van der Waals surface area contributed by atoms with Gasteiger partial charge in [-0.1, -0.05) is 72.8 Å². The summed E-state index contributed by atoms with van der Waals surface area (Å²) in [6.07, 6.45) is 1.54. The molecule has 0 unspecified atom stereocenters. The number of rotatable bonds is 10. The van der Waals surface area contributed by atoms with Gasteiger partial charge in [-0.15, -0.1) is 11.8 Å². The van der Waals surface area contributed by atoms with Crippen LogP contribution in [0.25, 0.3) is 0 Å². The predicted molar refractivity (Wildman–Crippen MR) is 165 cm³/mol. The third-order valence-electron chi connectivity index (χ3n) is 6.48. The van der Waals surface area contributed by atoms with Crippen molar-refractivity contribution in [1.29, 1.82) is 0 Å². The molecule has 1 aliphatic rings. The Kier molecular flexibility index (Phi) is 9.38. The van der Waals surface area contributed by atoms with Crippen LogP contribution in [0, 0.1) is 0 Å². The molecular formula is C32H28BrN3O4S. The first kappa shape index (κ1) is 28.4. The van der Waals surface area contributed by atoms with Crippen LogP contribution in [0.5, 0.6) is 11.5 Å². The maximum Gasteiger partial charge on any atom is 0.271 e. The number of thioether (sulfide) groups is 1. The molecule has 5 rings (SSSR count). The van der Waals surface area contributed by atoms with Crippen molar-refractivity contribution in [2.45, 2.75) is 18.5 Å². The molecular weight excluding hydrogens is 602 g/mol. The van der Waals surface area contributed by atoms with Crippen LogP contribution < -0.4 is 14.9 Å². The molecule has 1 N–H and O–H groups in total. The average molecular weight is 631 g/mol. The topological polar surface area (TPSA) is 80.2 Å². The second-order valence-electron chi connectivity index (χ2n) is 9.30. The zero-order chi connectivity index (χ0) is 28.6. The fourth-order valence-electron chi connectivity index (χ4n) is 4.39. The molecule has 1 heterocycles. The molecule has 4 aromatic carbocycles. The molecule has 0 aromatic heterocycles. The van der Waals surface area contributed by atoms with Gasteiger partial charge in [0.25, 0.3) is 5.91 Å². The van der Waals surface area contributed by atoms with E-state index in [0.717, 1.165) is 22.3 Å². The van der Waals surface area contributed by atoms with E-state index in [9.17, 15) is 9.59 Å². The average Bonchev–Trinajstić information content (AvgIpc) is 3.36. The minimum atomic E-state index is -0.335. The van der Waals surface area contributed by atoms with E-state index in [1.54, 1.807) is 43.3 Å². The van der Waals surface area contributed by atoms with E-state index in [-0.39, 0.29) is 17.2 Å². The summed E-state index contributed by atoms with van der Waals surface area (Å²) in [4.78, 5) is 27.2. The van der Waals surface area contributed by atoms with Crippen molar-refractivity contribution in [3.63, 3.8) is 0 Å². The van der Waals surface area contributed by atoms with Crippen molar-refractivity contribution >= 4 is 45.7 Å². The number of nitrogens with zero attached hydrogens (tertiary/aromatic N) is 2. The Labute approximate surface area is 251 Å². The smallest absolute Gasteiger partial charge is 0.271 e. The van der Waals surface area contributed by atoms with Crippen molar-refractivity contribution in [2.24, 2.45) is 5.10 Å². The van der Waals surface area contributed by atoms with Gasteiger partial charge >= 0.3 is 0 Å². The molecule has 0 spiro atoms. The molecule has 7 nitrogen and oxygen atoms in total. The van der Waals surface area contributed by atoms with Crippen molar-refractivity contribution in [1.82, 2.24) is 10.3 Å². The van der Waals surface area contributed by atoms with Crippen LogP contribution in [0.1, 0.15) is 38.0 Å². The van der Waals surface area contributed by atoms with Gasteiger partial charge in [-0.05, 0) is 62.4 Å². The number of nitrogens with one attached hydrogen (secondary N) is 1. The van der Waals surface area contributed by atoms with E-state index in [1.165, 1.54) is 0 Å². The lowest BCUT2D eigenvalue weighted by Gasteiger charge is -2.24. The number of carbonyl (C=O) groups is 2. The second kappa shape index (κ2) is 13.5. The number of hydrogen-bond donors (Lipinski definition) is 1. The van der Waals surface area contributed by atoms with E-state index in [0.29, 0.717) is 40.4 Å². The Hall–Kier alpha value is -4.08. The summed E-state index contributed by atoms with van der Waals surface area (Å²) < 4.78 is 12.2. The third kappa shape index (κ3) is 7.17. The maximum atomic E-state index is 12.7. The molecule has 0 radical (unpaired) electrons. The molecule has 2 amide bonds. The zero-order valence-corrected chi connectivity index (χ0v) is 24.7. The molecule has 0 bridgehead atoms. The number of benzene rings is 4. The SMILES string of the molecule is COc1cc(/C=N\NC(=O)c2ccc([C@H]3SCC(=O)N3Cc3ccccc3)cc2)cc(Br)c1OCc1ccccc1. The van der Waals surface area contributed by atoms with Crippen molar-refractivity contribution in [3.05, 3.63) is 129 Å². The van der Waals surface area contributed by atoms with Crippen molar-refractivity contribution in [3.8, 4) is 11.5 Å². The Balaban J connectivity index is 1.20. The highest BCUT2D eigenvalue weighted by Gasteiger charge is 2.32. The van der Waals surface area contributed by atoms with E-state index in [1.807, 2.05) is 83.8 Å². The molecule has 1 atom stereocenters. The number of halogens is 1. The lowest BCUT2D eigenvalue weighted by Crippen LogP contribution is -2.27. The van der Waals surface area contributed by atoms with Gasteiger partial charge in [-0.2, -0.15) is 5.10 Å².